The highest BCUT2D eigenvalue weighted by molar-refractivity contribution is 5.78. The Morgan fingerprint density at radius 1 is 1.33 bits per heavy atom. The summed E-state index contributed by atoms with van der Waals surface area (Å²) in [6.07, 6.45) is 5.44. The van der Waals surface area contributed by atoms with Crippen LogP contribution < -0.4 is 0 Å². The number of aliphatic hydroxyl groups is 1. The fourth-order valence-electron chi connectivity index (χ4n) is 3.72. The maximum atomic E-state index is 13.4. The maximum absolute atomic E-state index is 13.4. The molecule has 1 amide bonds. The van der Waals surface area contributed by atoms with Crippen molar-refractivity contribution in [3.05, 3.63) is 35.6 Å². The molecule has 1 N–H and O–H groups in total. The van der Waals surface area contributed by atoms with E-state index in [1.807, 2.05) is 11.0 Å². The van der Waals surface area contributed by atoms with Crippen LogP contribution in [0.5, 0.6) is 0 Å². The van der Waals surface area contributed by atoms with Crippen LogP contribution >= 0.6 is 0 Å². The van der Waals surface area contributed by atoms with Crippen molar-refractivity contribution in [3.8, 4) is 0 Å². The Morgan fingerprint density at radius 2 is 2.10 bits per heavy atom. The van der Waals surface area contributed by atoms with E-state index in [-0.39, 0.29) is 24.2 Å². The molecule has 1 heterocycles. The van der Waals surface area contributed by atoms with Gasteiger partial charge in [-0.3, -0.25) is 4.79 Å². The van der Waals surface area contributed by atoms with E-state index in [2.05, 4.69) is 0 Å². The minimum atomic E-state index is -0.813. The highest BCUT2D eigenvalue weighted by Crippen LogP contribution is 2.37. The van der Waals surface area contributed by atoms with Crippen LogP contribution in [0.1, 0.15) is 56.6 Å². The number of halogens is 1. The normalized spacial score (nSPS) is 24.5. The highest BCUT2D eigenvalue weighted by atomic mass is 19.1. The molecule has 1 saturated carbocycles. The Hall–Kier alpha value is -1.42. The summed E-state index contributed by atoms with van der Waals surface area (Å²) in [6, 6.07) is 6.46. The standard InChI is InChI=1S/C17H22FNO2/c18-14-6-3-5-13(11-14)15-7-4-10-19(15)16(20)12-17(21)8-1-2-9-17/h3,5-6,11,15,21H,1-2,4,7-10,12H2. The Labute approximate surface area is 124 Å². The second-order valence-electron chi connectivity index (χ2n) is 6.41. The van der Waals surface area contributed by atoms with E-state index >= 15 is 0 Å². The zero-order valence-corrected chi connectivity index (χ0v) is 12.2. The van der Waals surface area contributed by atoms with Gasteiger partial charge in [-0.2, -0.15) is 0 Å². The third kappa shape index (κ3) is 3.10. The number of carbonyl (C=O) groups is 1. The van der Waals surface area contributed by atoms with Crippen molar-refractivity contribution in [2.24, 2.45) is 0 Å². The number of benzene rings is 1. The average Bonchev–Trinajstić information content (AvgIpc) is 3.07. The first-order valence-electron chi connectivity index (χ1n) is 7.85. The Balaban J connectivity index is 1.73. The van der Waals surface area contributed by atoms with Crippen LogP contribution in [0.25, 0.3) is 0 Å². The van der Waals surface area contributed by atoms with Gasteiger partial charge in [0.25, 0.3) is 0 Å². The summed E-state index contributed by atoms with van der Waals surface area (Å²) in [7, 11) is 0. The van der Waals surface area contributed by atoms with Crippen LogP contribution in [0.15, 0.2) is 24.3 Å². The van der Waals surface area contributed by atoms with Gasteiger partial charge in [0.05, 0.1) is 18.1 Å². The lowest BCUT2D eigenvalue weighted by Gasteiger charge is -2.29. The SMILES string of the molecule is O=C(CC1(O)CCCC1)N1CCCC1c1cccc(F)c1. The topological polar surface area (TPSA) is 40.5 Å². The van der Waals surface area contributed by atoms with Crippen LogP contribution in [-0.2, 0) is 4.79 Å². The predicted molar refractivity (Wildman–Crippen MR) is 78.1 cm³/mol. The largest absolute Gasteiger partial charge is 0.389 e. The van der Waals surface area contributed by atoms with Crippen molar-refractivity contribution in [3.63, 3.8) is 0 Å². The molecule has 1 aromatic rings. The highest BCUT2D eigenvalue weighted by Gasteiger charge is 2.38. The molecule has 1 saturated heterocycles. The van der Waals surface area contributed by atoms with Crippen molar-refractivity contribution in [2.45, 2.75) is 56.6 Å². The number of hydrogen-bond acceptors (Lipinski definition) is 2. The summed E-state index contributed by atoms with van der Waals surface area (Å²) < 4.78 is 13.4. The number of hydrogen-bond donors (Lipinski definition) is 1. The Bertz CT molecular complexity index is 525. The van der Waals surface area contributed by atoms with Crippen LogP contribution in [-0.4, -0.2) is 28.1 Å². The van der Waals surface area contributed by atoms with E-state index in [0.717, 1.165) is 44.1 Å². The summed E-state index contributed by atoms with van der Waals surface area (Å²) in [5, 5.41) is 10.4. The van der Waals surface area contributed by atoms with E-state index < -0.39 is 5.60 Å². The summed E-state index contributed by atoms with van der Waals surface area (Å²) >= 11 is 0. The smallest absolute Gasteiger partial charge is 0.225 e. The molecule has 0 radical (unpaired) electrons. The Morgan fingerprint density at radius 3 is 2.81 bits per heavy atom. The molecule has 1 unspecified atom stereocenters. The molecule has 0 spiro atoms. The summed E-state index contributed by atoms with van der Waals surface area (Å²) in [4.78, 5) is 14.4. The third-order valence-electron chi connectivity index (χ3n) is 4.82. The molecule has 114 valence electrons. The van der Waals surface area contributed by atoms with Gasteiger partial charge in [-0.05, 0) is 43.4 Å². The van der Waals surface area contributed by atoms with Gasteiger partial charge in [0.1, 0.15) is 5.82 Å². The number of rotatable bonds is 3. The second-order valence-corrected chi connectivity index (χ2v) is 6.41. The average molecular weight is 291 g/mol. The summed E-state index contributed by atoms with van der Waals surface area (Å²) in [5.74, 6) is -0.257. The molecule has 1 atom stereocenters. The molecule has 2 aliphatic rings. The molecule has 3 nitrogen and oxygen atoms in total. The van der Waals surface area contributed by atoms with Crippen LogP contribution in [0.4, 0.5) is 4.39 Å². The van der Waals surface area contributed by atoms with E-state index in [0.29, 0.717) is 6.54 Å². The first-order chi connectivity index (χ1) is 10.1. The van der Waals surface area contributed by atoms with Gasteiger partial charge < -0.3 is 10.0 Å². The van der Waals surface area contributed by atoms with E-state index in [1.54, 1.807) is 6.07 Å². The first-order valence-corrected chi connectivity index (χ1v) is 7.85. The number of likely N-dealkylation sites (tertiary alicyclic amines) is 1. The lowest BCUT2D eigenvalue weighted by Crippen LogP contribution is -2.37. The predicted octanol–water partition coefficient (Wildman–Crippen LogP) is 3.18. The fourth-order valence-corrected chi connectivity index (χ4v) is 3.72. The molecule has 0 aromatic heterocycles. The molecular weight excluding hydrogens is 269 g/mol. The van der Waals surface area contributed by atoms with Gasteiger partial charge in [0.2, 0.25) is 5.91 Å². The lowest BCUT2D eigenvalue weighted by molar-refractivity contribution is -0.137. The second kappa shape index (κ2) is 5.76. The van der Waals surface area contributed by atoms with E-state index in [9.17, 15) is 14.3 Å². The Kier molecular flexibility index (Phi) is 3.98. The zero-order chi connectivity index (χ0) is 14.9. The lowest BCUT2D eigenvalue weighted by atomic mass is 9.96. The minimum Gasteiger partial charge on any atom is -0.389 e. The van der Waals surface area contributed by atoms with Crippen LogP contribution in [0.3, 0.4) is 0 Å². The van der Waals surface area contributed by atoms with E-state index in [4.69, 9.17) is 0 Å². The molecule has 2 fully saturated rings. The van der Waals surface area contributed by atoms with Gasteiger partial charge in [0, 0.05) is 6.54 Å². The van der Waals surface area contributed by atoms with Gasteiger partial charge in [-0.15, -0.1) is 0 Å². The molecule has 4 heteroatoms. The van der Waals surface area contributed by atoms with Crippen molar-refractivity contribution in [1.29, 1.82) is 0 Å². The molecule has 1 aliphatic carbocycles. The maximum Gasteiger partial charge on any atom is 0.225 e. The van der Waals surface area contributed by atoms with Crippen molar-refractivity contribution < 1.29 is 14.3 Å². The van der Waals surface area contributed by atoms with Crippen molar-refractivity contribution in [1.82, 2.24) is 4.90 Å². The molecule has 21 heavy (non-hydrogen) atoms. The minimum absolute atomic E-state index is 0.00570. The summed E-state index contributed by atoms with van der Waals surface area (Å²) in [5.41, 5.74) is 0.0471. The zero-order valence-electron chi connectivity index (χ0n) is 12.2. The molecular formula is C17H22FNO2. The number of carbonyl (C=O) groups excluding carboxylic acids is 1. The molecule has 3 rings (SSSR count). The summed E-state index contributed by atoms with van der Waals surface area (Å²) in [6.45, 7) is 0.704. The van der Waals surface area contributed by atoms with Crippen molar-refractivity contribution >= 4 is 5.91 Å². The van der Waals surface area contributed by atoms with Gasteiger partial charge in [-0.25, -0.2) is 4.39 Å². The van der Waals surface area contributed by atoms with Crippen LogP contribution in [0, 0.1) is 5.82 Å². The van der Waals surface area contributed by atoms with E-state index in [1.165, 1.54) is 12.1 Å². The molecule has 0 bridgehead atoms. The van der Waals surface area contributed by atoms with Crippen LogP contribution in [0.2, 0.25) is 0 Å². The third-order valence-corrected chi connectivity index (χ3v) is 4.82. The number of nitrogens with zero attached hydrogens (tertiary/aromatic N) is 1. The molecule has 1 aromatic carbocycles. The van der Waals surface area contributed by atoms with Crippen molar-refractivity contribution in [2.75, 3.05) is 6.54 Å². The van der Waals surface area contributed by atoms with Gasteiger partial charge >= 0.3 is 0 Å². The quantitative estimate of drug-likeness (QED) is 0.929. The monoisotopic (exact) mass is 291 g/mol. The first kappa shape index (κ1) is 14.5. The molecule has 1 aliphatic heterocycles. The van der Waals surface area contributed by atoms with Gasteiger partial charge in [-0.1, -0.05) is 25.0 Å². The fraction of sp³-hybridized carbons (Fsp3) is 0.588. The number of amides is 1. The van der Waals surface area contributed by atoms with Gasteiger partial charge in [0.15, 0.2) is 0 Å².